The predicted molar refractivity (Wildman–Crippen MR) is 87.9 cm³/mol. The minimum atomic E-state index is -2.13. The first-order valence-electron chi connectivity index (χ1n) is 6.90. The van der Waals surface area contributed by atoms with Gasteiger partial charge < -0.3 is 26.8 Å². The van der Waals surface area contributed by atoms with Crippen molar-refractivity contribution in [3.05, 3.63) is 29.8 Å². The number of ether oxygens (including phenoxy) is 1. The Kier molecular flexibility index (Phi) is 6.79. The van der Waals surface area contributed by atoms with Crippen molar-refractivity contribution in [2.75, 3.05) is 0 Å². The van der Waals surface area contributed by atoms with Gasteiger partial charge in [0.15, 0.2) is 11.3 Å². The van der Waals surface area contributed by atoms with E-state index in [1.807, 2.05) is 0 Å². The third kappa shape index (κ3) is 4.49. The van der Waals surface area contributed by atoms with Crippen LogP contribution in [0.15, 0.2) is 29.4 Å². The highest BCUT2D eigenvalue weighted by atomic mass is 16.5. The van der Waals surface area contributed by atoms with E-state index in [-0.39, 0.29) is 12.2 Å². The summed E-state index contributed by atoms with van der Waals surface area (Å²) in [6.45, 7) is 0. The lowest BCUT2D eigenvalue weighted by molar-refractivity contribution is -0.146. The van der Waals surface area contributed by atoms with Crippen LogP contribution in [0.3, 0.4) is 0 Å². The molecule has 24 heavy (non-hydrogen) atoms. The van der Waals surface area contributed by atoms with Gasteiger partial charge in [-0.3, -0.25) is 4.79 Å². The number of carbonyl (C=O) groups is 3. The molecule has 0 aromatic heterocycles. The molecule has 8 heteroatoms. The number of hydrazone groups is 1. The van der Waals surface area contributed by atoms with Crippen LogP contribution in [0, 0.1) is 12.3 Å². The molecule has 0 aliphatic rings. The van der Waals surface area contributed by atoms with Gasteiger partial charge in [-0.05, 0) is 29.8 Å². The topological polar surface area (TPSA) is 151 Å². The molecule has 6 N–H and O–H groups in total. The average molecular weight is 330 g/mol. The van der Waals surface area contributed by atoms with Gasteiger partial charge in [0.05, 0.1) is 12.3 Å². The van der Waals surface area contributed by atoms with Crippen LogP contribution < -0.4 is 22.0 Å². The normalized spacial score (nSPS) is 14.4. The van der Waals surface area contributed by atoms with Gasteiger partial charge in [0.25, 0.3) is 0 Å². The molecule has 0 bridgehead atoms. The number of hydrogen-bond donors (Lipinski definition) is 3. The second kappa shape index (κ2) is 8.57. The summed E-state index contributed by atoms with van der Waals surface area (Å²) in [5, 5.41) is 3.36. The number of Topliss-reactive ketones (excluding diaryl/α,β-unsaturated/α-hetero) is 1. The van der Waals surface area contributed by atoms with E-state index in [0.29, 0.717) is 11.8 Å². The summed E-state index contributed by atoms with van der Waals surface area (Å²) in [5.41, 5.74) is 9.97. The predicted octanol–water partition coefficient (Wildman–Crippen LogP) is -0.909. The molecule has 0 fully saturated rings. The molecule has 0 saturated heterocycles. The second-order valence-corrected chi connectivity index (χ2v) is 4.96. The van der Waals surface area contributed by atoms with Gasteiger partial charge >= 0.3 is 5.97 Å². The van der Waals surface area contributed by atoms with Crippen molar-refractivity contribution in [1.82, 2.24) is 0 Å². The molecule has 1 aromatic carbocycles. The smallest absolute Gasteiger partial charge is 0.340 e. The van der Waals surface area contributed by atoms with E-state index in [1.165, 1.54) is 18.3 Å². The Morgan fingerprint density at radius 1 is 1.38 bits per heavy atom. The van der Waals surface area contributed by atoms with E-state index in [2.05, 4.69) is 11.0 Å². The summed E-state index contributed by atoms with van der Waals surface area (Å²) in [4.78, 5) is 35.1. The highest BCUT2D eigenvalue weighted by Crippen LogP contribution is 2.18. The van der Waals surface area contributed by atoms with Crippen LogP contribution in [0.2, 0.25) is 0 Å². The Hall–Kier alpha value is -3.02. The molecular formula is C16H18N4O4. The average Bonchev–Trinajstić information content (AvgIpc) is 2.56. The zero-order valence-corrected chi connectivity index (χ0v) is 12.8. The minimum Gasteiger partial charge on any atom is -0.425 e. The van der Waals surface area contributed by atoms with E-state index in [0.717, 1.165) is 0 Å². The SMILES string of the molecule is C#CCC(N)(C(=O)Oc1ccc(C=NN)cc1)C(=O)C(N)CC=O. The van der Waals surface area contributed by atoms with E-state index in [9.17, 15) is 14.4 Å². The highest BCUT2D eigenvalue weighted by molar-refractivity contribution is 6.11. The molecule has 2 atom stereocenters. The molecule has 0 heterocycles. The van der Waals surface area contributed by atoms with Crippen LogP contribution in [0.5, 0.6) is 5.75 Å². The Labute approximate surface area is 139 Å². The Morgan fingerprint density at radius 2 is 2.00 bits per heavy atom. The van der Waals surface area contributed by atoms with E-state index in [1.54, 1.807) is 12.1 Å². The number of aldehydes is 1. The number of nitrogens with zero attached hydrogens (tertiary/aromatic N) is 1. The number of ketones is 1. The number of hydrogen-bond acceptors (Lipinski definition) is 8. The highest BCUT2D eigenvalue weighted by Gasteiger charge is 2.45. The summed E-state index contributed by atoms with van der Waals surface area (Å²) in [5.74, 6) is 5.43. The molecule has 0 amide bonds. The van der Waals surface area contributed by atoms with Gasteiger partial charge in [-0.15, -0.1) is 12.3 Å². The maximum atomic E-state index is 12.3. The van der Waals surface area contributed by atoms with Gasteiger partial charge in [-0.25, -0.2) is 4.79 Å². The number of esters is 1. The maximum absolute atomic E-state index is 12.3. The zero-order chi connectivity index (χ0) is 18.2. The second-order valence-electron chi connectivity index (χ2n) is 4.96. The molecule has 2 unspecified atom stereocenters. The lowest BCUT2D eigenvalue weighted by Crippen LogP contribution is -2.61. The van der Waals surface area contributed by atoms with Gasteiger partial charge in [-0.2, -0.15) is 5.10 Å². The summed E-state index contributed by atoms with van der Waals surface area (Å²) in [7, 11) is 0. The molecule has 0 aliphatic heterocycles. The molecule has 1 aromatic rings. The van der Waals surface area contributed by atoms with Gasteiger partial charge in [0.2, 0.25) is 0 Å². The van der Waals surface area contributed by atoms with Gasteiger partial charge in [0.1, 0.15) is 12.0 Å². The number of nitrogens with two attached hydrogens (primary N) is 3. The van der Waals surface area contributed by atoms with Crippen molar-refractivity contribution < 1.29 is 19.1 Å². The van der Waals surface area contributed by atoms with Crippen molar-refractivity contribution in [2.45, 2.75) is 24.4 Å². The fourth-order valence-electron chi connectivity index (χ4n) is 1.87. The molecule has 8 nitrogen and oxygen atoms in total. The quantitative estimate of drug-likeness (QED) is 0.0815. The fraction of sp³-hybridized carbons (Fsp3) is 0.250. The van der Waals surface area contributed by atoms with Crippen LogP contribution in [-0.2, 0) is 14.4 Å². The minimum absolute atomic E-state index is 0.151. The number of rotatable bonds is 8. The van der Waals surface area contributed by atoms with Crippen molar-refractivity contribution in [1.29, 1.82) is 0 Å². The lowest BCUT2D eigenvalue weighted by Gasteiger charge is -2.26. The summed E-state index contributed by atoms with van der Waals surface area (Å²) >= 11 is 0. The number of terminal acetylenes is 1. The van der Waals surface area contributed by atoms with Crippen LogP contribution in [-0.4, -0.2) is 35.8 Å². The maximum Gasteiger partial charge on any atom is 0.340 e. The number of benzene rings is 1. The standard InChI is InChI=1S/C16H18N4O4/c1-2-8-16(18,14(22)13(17)7-9-21)15(23)24-12-5-3-11(4-6-12)10-20-19/h1,3-6,9-10,13H,7-8,17-19H2. The zero-order valence-electron chi connectivity index (χ0n) is 12.8. The van der Waals surface area contributed by atoms with Crippen LogP contribution in [0.4, 0.5) is 0 Å². The van der Waals surface area contributed by atoms with Crippen molar-refractivity contribution in [2.24, 2.45) is 22.4 Å². The first-order valence-corrected chi connectivity index (χ1v) is 6.90. The van der Waals surface area contributed by atoms with Gasteiger partial charge in [-0.1, -0.05) is 0 Å². The molecule has 1 rings (SSSR count). The van der Waals surface area contributed by atoms with Crippen molar-refractivity contribution in [3.8, 4) is 18.1 Å². The molecular weight excluding hydrogens is 312 g/mol. The molecule has 126 valence electrons. The van der Waals surface area contributed by atoms with E-state index < -0.39 is 29.8 Å². The molecule has 0 saturated carbocycles. The number of carbonyl (C=O) groups excluding carboxylic acids is 3. The Morgan fingerprint density at radius 3 is 2.50 bits per heavy atom. The molecule has 0 radical (unpaired) electrons. The third-order valence-electron chi connectivity index (χ3n) is 3.19. The lowest BCUT2D eigenvalue weighted by atomic mass is 9.86. The van der Waals surface area contributed by atoms with Crippen LogP contribution >= 0.6 is 0 Å². The monoisotopic (exact) mass is 330 g/mol. The largest absolute Gasteiger partial charge is 0.425 e. The van der Waals surface area contributed by atoms with Crippen molar-refractivity contribution >= 4 is 24.3 Å². The van der Waals surface area contributed by atoms with Crippen molar-refractivity contribution in [3.63, 3.8) is 0 Å². The molecule has 0 spiro atoms. The fourth-order valence-corrected chi connectivity index (χ4v) is 1.87. The Balaban J connectivity index is 2.99. The third-order valence-corrected chi connectivity index (χ3v) is 3.19. The van der Waals surface area contributed by atoms with Gasteiger partial charge in [0, 0.05) is 12.8 Å². The Bertz CT molecular complexity index is 678. The summed E-state index contributed by atoms with van der Waals surface area (Å²) in [6.07, 6.45) is 6.36. The first-order chi connectivity index (χ1) is 11.4. The molecule has 0 aliphatic carbocycles. The summed E-state index contributed by atoms with van der Waals surface area (Å²) < 4.78 is 5.11. The van der Waals surface area contributed by atoms with Crippen LogP contribution in [0.1, 0.15) is 18.4 Å². The van der Waals surface area contributed by atoms with Crippen LogP contribution in [0.25, 0.3) is 0 Å². The first kappa shape index (κ1) is 19.0. The summed E-state index contributed by atoms with van der Waals surface area (Å²) in [6, 6.07) is 4.90. The van der Waals surface area contributed by atoms with E-state index >= 15 is 0 Å². The van der Waals surface area contributed by atoms with E-state index in [4.69, 9.17) is 28.5 Å².